The zero-order valence-corrected chi connectivity index (χ0v) is 19.1. The fraction of sp³-hybridized carbons (Fsp3) is 0.333. The quantitative estimate of drug-likeness (QED) is 0.363. The summed E-state index contributed by atoms with van der Waals surface area (Å²) in [7, 11) is 3.33. The molecular formula is C27H29N3O3. The van der Waals surface area contributed by atoms with E-state index < -0.39 is 0 Å². The van der Waals surface area contributed by atoms with Crippen molar-refractivity contribution in [2.75, 3.05) is 20.8 Å². The van der Waals surface area contributed by atoms with Gasteiger partial charge in [0.2, 0.25) is 11.6 Å². The van der Waals surface area contributed by atoms with E-state index in [0.29, 0.717) is 30.4 Å². The fourth-order valence-corrected chi connectivity index (χ4v) is 4.53. The molecule has 0 radical (unpaired) electrons. The van der Waals surface area contributed by atoms with Gasteiger partial charge in [0.05, 0.1) is 7.11 Å². The summed E-state index contributed by atoms with van der Waals surface area (Å²) in [6.07, 6.45) is 4.76. The first kappa shape index (κ1) is 21.6. The average molecular weight is 444 g/mol. The average Bonchev–Trinajstić information content (AvgIpc) is 3.22. The molecule has 5 rings (SSSR count). The number of aryl methyl sites for hydroxylation is 1. The van der Waals surface area contributed by atoms with Crippen LogP contribution in [0.2, 0.25) is 0 Å². The molecule has 33 heavy (non-hydrogen) atoms. The third-order valence-corrected chi connectivity index (χ3v) is 6.54. The second-order valence-corrected chi connectivity index (χ2v) is 8.68. The van der Waals surface area contributed by atoms with E-state index in [4.69, 9.17) is 24.6 Å². The fourth-order valence-electron chi connectivity index (χ4n) is 4.53. The van der Waals surface area contributed by atoms with Crippen LogP contribution in [-0.2, 0) is 16.7 Å². The minimum absolute atomic E-state index is 0.194. The summed E-state index contributed by atoms with van der Waals surface area (Å²) >= 11 is 0. The molecule has 2 N–H and O–H groups in total. The van der Waals surface area contributed by atoms with E-state index in [2.05, 4.69) is 41.4 Å². The van der Waals surface area contributed by atoms with Crippen molar-refractivity contribution in [3.63, 3.8) is 0 Å². The summed E-state index contributed by atoms with van der Waals surface area (Å²) in [5.41, 5.74) is 11.0. The number of rotatable bonds is 8. The molecule has 0 aliphatic heterocycles. The molecule has 4 aromatic rings. The zero-order chi connectivity index (χ0) is 22.8. The molecule has 2 heterocycles. The molecule has 6 heteroatoms. The van der Waals surface area contributed by atoms with Crippen LogP contribution < -0.4 is 10.5 Å². The van der Waals surface area contributed by atoms with Gasteiger partial charge in [-0.3, -0.25) is 0 Å². The SMILES string of the molecule is COCCCc1nc(OC)c2c(-c3ccccc3)c(-c3ccc(C4(N)CCC4)cc3)oc2n1. The van der Waals surface area contributed by atoms with Crippen molar-refractivity contribution in [1.82, 2.24) is 9.97 Å². The maximum absolute atomic E-state index is 6.53. The Morgan fingerprint density at radius 1 is 0.970 bits per heavy atom. The van der Waals surface area contributed by atoms with Crippen molar-refractivity contribution < 1.29 is 13.9 Å². The van der Waals surface area contributed by atoms with Crippen LogP contribution in [0, 0.1) is 0 Å². The summed E-state index contributed by atoms with van der Waals surface area (Å²) in [4.78, 5) is 9.42. The molecule has 0 atom stereocenters. The van der Waals surface area contributed by atoms with Gasteiger partial charge in [-0.15, -0.1) is 0 Å². The summed E-state index contributed by atoms with van der Waals surface area (Å²) in [5.74, 6) is 1.96. The van der Waals surface area contributed by atoms with Crippen LogP contribution in [0.5, 0.6) is 5.88 Å². The molecule has 0 spiro atoms. The maximum atomic E-state index is 6.53. The Morgan fingerprint density at radius 3 is 2.36 bits per heavy atom. The van der Waals surface area contributed by atoms with Crippen LogP contribution in [0.15, 0.2) is 59.0 Å². The van der Waals surface area contributed by atoms with Gasteiger partial charge in [0.25, 0.3) is 0 Å². The molecule has 0 unspecified atom stereocenters. The number of ether oxygens (including phenoxy) is 2. The highest BCUT2D eigenvalue weighted by Crippen LogP contribution is 2.44. The number of furan rings is 1. The van der Waals surface area contributed by atoms with Gasteiger partial charge in [0.1, 0.15) is 17.0 Å². The minimum Gasteiger partial charge on any atom is -0.480 e. The Balaban J connectivity index is 1.65. The van der Waals surface area contributed by atoms with Crippen LogP contribution in [0.25, 0.3) is 33.6 Å². The number of nitrogens with two attached hydrogens (primary N) is 1. The molecular weight excluding hydrogens is 414 g/mol. The van der Waals surface area contributed by atoms with E-state index in [1.807, 2.05) is 18.2 Å². The molecule has 0 bridgehead atoms. The van der Waals surface area contributed by atoms with Crippen LogP contribution in [0.3, 0.4) is 0 Å². The molecule has 1 fully saturated rings. The molecule has 2 aromatic heterocycles. The number of benzene rings is 2. The normalized spacial score (nSPS) is 14.9. The van der Waals surface area contributed by atoms with Crippen molar-refractivity contribution in [2.45, 2.75) is 37.6 Å². The zero-order valence-electron chi connectivity index (χ0n) is 19.1. The van der Waals surface area contributed by atoms with Gasteiger partial charge in [-0.1, -0.05) is 54.6 Å². The Kier molecular flexibility index (Phi) is 5.87. The molecule has 1 saturated carbocycles. The molecule has 0 amide bonds. The van der Waals surface area contributed by atoms with Crippen LogP contribution in [0.1, 0.15) is 37.1 Å². The highest BCUT2D eigenvalue weighted by atomic mass is 16.5. The Morgan fingerprint density at radius 2 is 1.73 bits per heavy atom. The maximum Gasteiger partial charge on any atom is 0.234 e. The lowest BCUT2D eigenvalue weighted by atomic mass is 9.72. The Bertz CT molecular complexity index is 1250. The smallest absolute Gasteiger partial charge is 0.234 e. The minimum atomic E-state index is -0.194. The van der Waals surface area contributed by atoms with Gasteiger partial charge < -0.3 is 19.6 Å². The van der Waals surface area contributed by atoms with E-state index in [1.54, 1.807) is 14.2 Å². The lowest BCUT2D eigenvalue weighted by Crippen LogP contribution is -2.43. The summed E-state index contributed by atoms with van der Waals surface area (Å²) in [6.45, 7) is 0.650. The predicted octanol–water partition coefficient (Wildman–Crippen LogP) is 5.48. The summed E-state index contributed by atoms with van der Waals surface area (Å²) in [5, 5.41) is 0.785. The van der Waals surface area contributed by atoms with Crippen LogP contribution in [0.4, 0.5) is 0 Å². The van der Waals surface area contributed by atoms with Gasteiger partial charge in [-0.2, -0.15) is 9.97 Å². The third kappa shape index (κ3) is 4.01. The lowest BCUT2D eigenvalue weighted by Gasteiger charge is -2.38. The van der Waals surface area contributed by atoms with Crippen molar-refractivity contribution >= 4 is 11.1 Å². The summed E-state index contributed by atoms with van der Waals surface area (Å²) < 4.78 is 17.3. The van der Waals surface area contributed by atoms with Gasteiger partial charge >= 0.3 is 0 Å². The van der Waals surface area contributed by atoms with Gasteiger partial charge in [-0.25, -0.2) is 0 Å². The van der Waals surface area contributed by atoms with E-state index in [-0.39, 0.29) is 5.54 Å². The second-order valence-electron chi connectivity index (χ2n) is 8.68. The molecule has 170 valence electrons. The van der Waals surface area contributed by atoms with Crippen LogP contribution >= 0.6 is 0 Å². The Labute approximate surface area is 193 Å². The Hall–Kier alpha value is -3.22. The monoisotopic (exact) mass is 443 g/mol. The first-order valence-electron chi connectivity index (χ1n) is 11.4. The molecule has 1 aliphatic rings. The van der Waals surface area contributed by atoms with Crippen molar-refractivity contribution in [3.05, 3.63) is 66.0 Å². The van der Waals surface area contributed by atoms with E-state index >= 15 is 0 Å². The van der Waals surface area contributed by atoms with Crippen molar-refractivity contribution in [2.24, 2.45) is 5.73 Å². The van der Waals surface area contributed by atoms with E-state index in [1.165, 1.54) is 12.0 Å². The van der Waals surface area contributed by atoms with Crippen molar-refractivity contribution in [3.8, 4) is 28.3 Å². The predicted molar refractivity (Wildman–Crippen MR) is 129 cm³/mol. The largest absolute Gasteiger partial charge is 0.480 e. The number of fused-ring (bicyclic) bond motifs is 1. The van der Waals surface area contributed by atoms with E-state index in [0.717, 1.165) is 47.1 Å². The number of nitrogens with zero attached hydrogens (tertiary/aromatic N) is 2. The molecule has 6 nitrogen and oxygen atoms in total. The number of aromatic nitrogens is 2. The highest BCUT2D eigenvalue weighted by Gasteiger charge is 2.34. The van der Waals surface area contributed by atoms with Crippen molar-refractivity contribution in [1.29, 1.82) is 0 Å². The van der Waals surface area contributed by atoms with E-state index in [9.17, 15) is 0 Å². The number of hydrogen-bond acceptors (Lipinski definition) is 6. The topological polar surface area (TPSA) is 83.4 Å². The van der Waals surface area contributed by atoms with Crippen LogP contribution in [-0.4, -0.2) is 30.8 Å². The first-order chi connectivity index (χ1) is 16.1. The molecule has 2 aromatic carbocycles. The number of methoxy groups -OCH3 is 2. The standard InChI is InChI=1S/C27H29N3O3/c1-31-17-6-10-21-29-25(32-2)23-22(18-8-4-3-5-9-18)24(33-26(23)30-21)19-11-13-20(14-12-19)27(28)15-7-16-27/h3-5,8-9,11-14H,6-7,10,15-17,28H2,1-2H3. The summed E-state index contributed by atoms with van der Waals surface area (Å²) in [6, 6.07) is 18.6. The highest BCUT2D eigenvalue weighted by molar-refractivity contribution is 6.03. The molecule has 0 saturated heterocycles. The second kappa shape index (κ2) is 8.96. The third-order valence-electron chi connectivity index (χ3n) is 6.54. The lowest BCUT2D eigenvalue weighted by molar-refractivity contribution is 0.194. The van der Waals surface area contributed by atoms with Gasteiger partial charge in [-0.05, 0) is 36.8 Å². The number of hydrogen-bond donors (Lipinski definition) is 1. The first-order valence-corrected chi connectivity index (χ1v) is 11.4. The van der Waals surface area contributed by atoms with Gasteiger partial charge in [0.15, 0.2) is 0 Å². The van der Waals surface area contributed by atoms with Gasteiger partial charge in [0, 0.05) is 36.8 Å². The molecule has 1 aliphatic carbocycles.